The fourth-order valence-electron chi connectivity index (χ4n) is 2.96. The van der Waals surface area contributed by atoms with Crippen molar-refractivity contribution < 1.29 is 0 Å². The molecular weight excluding hydrogens is 294 g/mol. The molecule has 0 spiro atoms. The van der Waals surface area contributed by atoms with E-state index < -0.39 is 0 Å². The molecule has 24 heavy (non-hydrogen) atoms. The summed E-state index contributed by atoms with van der Waals surface area (Å²) in [6.45, 7) is 1.75. The normalized spacial score (nSPS) is 11.0. The van der Waals surface area contributed by atoms with Crippen LogP contribution in [-0.4, -0.2) is 9.97 Å². The molecule has 0 aliphatic carbocycles. The van der Waals surface area contributed by atoms with Crippen molar-refractivity contribution in [3.05, 3.63) is 90.3 Å². The molecule has 0 radical (unpaired) electrons. The summed E-state index contributed by atoms with van der Waals surface area (Å²) in [6, 6.07) is 23.4. The van der Waals surface area contributed by atoms with E-state index in [2.05, 4.69) is 75.9 Å². The second-order valence-corrected chi connectivity index (χ2v) is 5.88. The number of nitrogens with zero attached hydrogens (tertiary/aromatic N) is 1. The lowest BCUT2D eigenvalue weighted by atomic mass is 10.0. The average Bonchev–Trinajstić information content (AvgIpc) is 3.12. The van der Waals surface area contributed by atoms with Gasteiger partial charge in [-0.1, -0.05) is 54.6 Å². The standard InChI is InChI=1S/C21H19N3/c1-2-4-16(5-3-1)14-22-15-17-6-8-18(9-7-17)19-10-12-23-21-20(19)11-13-24-21/h1-13,22H,14-15H2,(H,23,24). The molecule has 4 rings (SSSR count). The molecule has 0 unspecified atom stereocenters. The number of aromatic nitrogens is 2. The highest BCUT2D eigenvalue weighted by Gasteiger charge is 2.05. The van der Waals surface area contributed by atoms with Crippen molar-refractivity contribution in [1.29, 1.82) is 0 Å². The summed E-state index contributed by atoms with van der Waals surface area (Å²) in [5.74, 6) is 0. The lowest BCUT2D eigenvalue weighted by Crippen LogP contribution is -2.12. The number of hydrogen-bond donors (Lipinski definition) is 2. The van der Waals surface area contributed by atoms with Crippen LogP contribution in [0.2, 0.25) is 0 Å². The molecular formula is C21H19N3. The number of benzene rings is 2. The van der Waals surface area contributed by atoms with Crippen molar-refractivity contribution in [2.45, 2.75) is 13.1 Å². The highest BCUT2D eigenvalue weighted by Crippen LogP contribution is 2.27. The number of H-pyrrole nitrogens is 1. The molecule has 0 amide bonds. The Bertz CT molecular complexity index is 924. The Balaban J connectivity index is 1.46. The van der Waals surface area contributed by atoms with E-state index in [1.807, 2.05) is 18.5 Å². The maximum Gasteiger partial charge on any atom is 0.137 e. The minimum Gasteiger partial charge on any atom is -0.346 e. The zero-order valence-corrected chi connectivity index (χ0v) is 13.4. The highest BCUT2D eigenvalue weighted by molar-refractivity contribution is 5.92. The fourth-order valence-corrected chi connectivity index (χ4v) is 2.96. The number of nitrogens with one attached hydrogen (secondary N) is 2. The van der Waals surface area contributed by atoms with Crippen molar-refractivity contribution in [1.82, 2.24) is 15.3 Å². The van der Waals surface area contributed by atoms with E-state index in [1.165, 1.54) is 22.3 Å². The van der Waals surface area contributed by atoms with Gasteiger partial charge in [-0.05, 0) is 34.4 Å². The smallest absolute Gasteiger partial charge is 0.137 e. The van der Waals surface area contributed by atoms with Gasteiger partial charge < -0.3 is 10.3 Å². The highest BCUT2D eigenvalue weighted by atomic mass is 14.8. The molecule has 0 atom stereocenters. The minimum absolute atomic E-state index is 0.866. The zero-order valence-electron chi connectivity index (χ0n) is 13.4. The van der Waals surface area contributed by atoms with Crippen molar-refractivity contribution >= 4 is 11.0 Å². The summed E-state index contributed by atoms with van der Waals surface area (Å²) >= 11 is 0. The number of pyridine rings is 1. The van der Waals surface area contributed by atoms with E-state index in [0.29, 0.717) is 0 Å². The number of rotatable bonds is 5. The molecule has 2 aromatic carbocycles. The van der Waals surface area contributed by atoms with Crippen molar-refractivity contribution in [3.63, 3.8) is 0 Å². The summed E-state index contributed by atoms with van der Waals surface area (Å²) < 4.78 is 0. The lowest BCUT2D eigenvalue weighted by molar-refractivity contribution is 0.693. The third kappa shape index (κ3) is 3.07. The number of hydrogen-bond acceptors (Lipinski definition) is 2. The van der Waals surface area contributed by atoms with Crippen LogP contribution in [0.15, 0.2) is 79.1 Å². The van der Waals surface area contributed by atoms with Crippen molar-refractivity contribution in [3.8, 4) is 11.1 Å². The first kappa shape index (κ1) is 14.7. The van der Waals surface area contributed by atoms with Gasteiger partial charge in [-0.25, -0.2) is 4.98 Å². The quantitative estimate of drug-likeness (QED) is 0.569. The van der Waals surface area contributed by atoms with Gasteiger partial charge in [-0.3, -0.25) is 0 Å². The summed E-state index contributed by atoms with van der Waals surface area (Å²) in [4.78, 5) is 7.51. The van der Waals surface area contributed by atoms with Crippen LogP contribution in [0.25, 0.3) is 22.2 Å². The predicted molar refractivity (Wildman–Crippen MR) is 98.5 cm³/mol. The number of fused-ring (bicyclic) bond motifs is 1. The first-order chi connectivity index (χ1) is 11.9. The first-order valence-corrected chi connectivity index (χ1v) is 8.16. The maximum atomic E-state index is 4.35. The Kier molecular flexibility index (Phi) is 4.09. The molecule has 2 N–H and O–H groups in total. The van der Waals surface area contributed by atoms with Gasteiger partial charge in [0.25, 0.3) is 0 Å². The molecule has 118 valence electrons. The monoisotopic (exact) mass is 313 g/mol. The topological polar surface area (TPSA) is 40.7 Å². The summed E-state index contributed by atoms with van der Waals surface area (Å²) in [6.07, 6.45) is 3.78. The van der Waals surface area contributed by atoms with Crippen LogP contribution >= 0.6 is 0 Å². The van der Waals surface area contributed by atoms with Crippen LogP contribution in [0.4, 0.5) is 0 Å². The summed E-state index contributed by atoms with van der Waals surface area (Å²) in [5.41, 5.74) is 5.95. The predicted octanol–water partition coefficient (Wildman–Crippen LogP) is 4.52. The molecule has 0 saturated heterocycles. The molecule has 0 saturated carbocycles. The molecule has 4 aromatic rings. The van der Waals surface area contributed by atoms with Gasteiger partial charge >= 0.3 is 0 Å². The molecule has 2 heterocycles. The van der Waals surface area contributed by atoms with E-state index in [1.54, 1.807) is 0 Å². The third-order valence-electron chi connectivity index (χ3n) is 4.23. The van der Waals surface area contributed by atoms with Gasteiger partial charge in [0.05, 0.1) is 0 Å². The van der Waals surface area contributed by atoms with E-state index in [4.69, 9.17) is 0 Å². The van der Waals surface area contributed by atoms with E-state index >= 15 is 0 Å². The van der Waals surface area contributed by atoms with Gasteiger partial charge in [0.1, 0.15) is 5.65 Å². The zero-order chi connectivity index (χ0) is 16.2. The molecule has 2 aromatic heterocycles. The Morgan fingerprint density at radius 3 is 2.33 bits per heavy atom. The second kappa shape index (κ2) is 6.69. The maximum absolute atomic E-state index is 4.35. The lowest BCUT2D eigenvalue weighted by Gasteiger charge is -2.07. The SMILES string of the molecule is c1ccc(CNCc2ccc(-c3ccnc4[nH]ccc34)cc2)cc1. The van der Waals surface area contributed by atoms with Gasteiger partial charge in [0.2, 0.25) is 0 Å². The van der Waals surface area contributed by atoms with Gasteiger partial charge in [0.15, 0.2) is 0 Å². The Labute approximate surface area is 141 Å². The van der Waals surface area contributed by atoms with Crippen molar-refractivity contribution in [2.75, 3.05) is 0 Å². The molecule has 0 fully saturated rings. The minimum atomic E-state index is 0.866. The average molecular weight is 313 g/mol. The van der Waals surface area contributed by atoms with Gasteiger partial charge in [-0.2, -0.15) is 0 Å². The Morgan fingerprint density at radius 2 is 1.54 bits per heavy atom. The van der Waals surface area contributed by atoms with Gasteiger partial charge in [0, 0.05) is 30.9 Å². The van der Waals surface area contributed by atoms with Crippen LogP contribution in [0.3, 0.4) is 0 Å². The summed E-state index contributed by atoms with van der Waals surface area (Å²) in [7, 11) is 0. The van der Waals surface area contributed by atoms with Crippen LogP contribution < -0.4 is 5.32 Å². The molecule has 0 bridgehead atoms. The third-order valence-corrected chi connectivity index (χ3v) is 4.23. The van der Waals surface area contributed by atoms with Crippen molar-refractivity contribution in [2.24, 2.45) is 0 Å². The van der Waals surface area contributed by atoms with Gasteiger partial charge in [-0.15, -0.1) is 0 Å². The Hall–Kier alpha value is -2.91. The van der Waals surface area contributed by atoms with E-state index in [9.17, 15) is 0 Å². The largest absolute Gasteiger partial charge is 0.346 e. The first-order valence-electron chi connectivity index (χ1n) is 8.16. The number of aromatic amines is 1. The van der Waals surface area contributed by atoms with Crippen LogP contribution in [-0.2, 0) is 13.1 Å². The van der Waals surface area contributed by atoms with Crippen LogP contribution in [0, 0.1) is 0 Å². The van der Waals surface area contributed by atoms with Crippen LogP contribution in [0.5, 0.6) is 0 Å². The van der Waals surface area contributed by atoms with E-state index in [-0.39, 0.29) is 0 Å². The fraction of sp³-hybridized carbons (Fsp3) is 0.0952. The molecule has 0 aliphatic rings. The second-order valence-electron chi connectivity index (χ2n) is 5.88. The molecule has 3 nitrogen and oxygen atoms in total. The Morgan fingerprint density at radius 1 is 0.792 bits per heavy atom. The van der Waals surface area contributed by atoms with E-state index in [0.717, 1.165) is 24.1 Å². The van der Waals surface area contributed by atoms with Crippen LogP contribution in [0.1, 0.15) is 11.1 Å². The molecule has 3 heteroatoms. The molecule has 0 aliphatic heterocycles. The summed E-state index contributed by atoms with van der Waals surface area (Å²) in [5, 5.41) is 4.65.